The van der Waals surface area contributed by atoms with E-state index in [1.807, 2.05) is 0 Å². The molecule has 1 N–H and O–H groups in total. The summed E-state index contributed by atoms with van der Waals surface area (Å²) in [6.45, 7) is 0.485. The first kappa shape index (κ1) is 10.1. The third-order valence-corrected chi connectivity index (χ3v) is 2.58. The van der Waals surface area contributed by atoms with Gasteiger partial charge in [0.15, 0.2) is 5.75 Å². The van der Waals surface area contributed by atoms with Crippen molar-refractivity contribution in [3.63, 3.8) is 0 Å². The molecule has 5 heteroatoms. The summed E-state index contributed by atoms with van der Waals surface area (Å²) in [5.41, 5.74) is 0.829. The summed E-state index contributed by atoms with van der Waals surface area (Å²) in [4.78, 5) is 11.1. The molecule has 0 aliphatic carbocycles. The van der Waals surface area contributed by atoms with Crippen LogP contribution in [0.2, 0.25) is 5.02 Å². The van der Waals surface area contributed by atoms with Gasteiger partial charge < -0.3 is 14.6 Å². The Balaban J connectivity index is 2.71. The summed E-state index contributed by atoms with van der Waals surface area (Å²) < 4.78 is 10.2. The van der Waals surface area contributed by atoms with Crippen LogP contribution < -0.4 is 9.47 Å². The quantitative estimate of drug-likeness (QED) is 0.841. The van der Waals surface area contributed by atoms with Crippen LogP contribution in [-0.2, 0) is 6.42 Å². The number of hydrogen-bond acceptors (Lipinski definition) is 3. The lowest BCUT2D eigenvalue weighted by atomic mass is 10.1. The van der Waals surface area contributed by atoms with E-state index in [2.05, 4.69) is 0 Å². The minimum Gasteiger partial charge on any atom is -0.494 e. The topological polar surface area (TPSA) is 55.8 Å². The molecule has 0 amide bonds. The SMILES string of the molecule is COc1c(Cl)cc2c(c1C(=O)O)OCC2. The molecule has 1 heterocycles. The number of rotatable bonds is 2. The van der Waals surface area contributed by atoms with Crippen molar-refractivity contribution in [2.24, 2.45) is 0 Å². The van der Waals surface area contributed by atoms with Gasteiger partial charge in [-0.05, 0) is 6.07 Å². The van der Waals surface area contributed by atoms with E-state index in [0.29, 0.717) is 23.8 Å². The van der Waals surface area contributed by atoms with Gasteiger partial charge in [-0.25, -0.2) is 4.79 Å². The van der Waals surface area contributed by atoms with E-state index in [9.17, 15) is 4.79 Å². The second-order valence-corrected chi connectivity index (χ2v) is 3.57. The first-order valence-corrected chi connectivity index (χ1v) is 4.78. The molecule has 1 aromatic rings. The van der Waals surface area contributed by atoms with E-state index in [4.69, 9.17) is 26.2 Å². The molecular formula is C10H9ClO4. The van der Waals surface area contributed by atoms with Crippen LogP contribution in [0.25, 0.3) is 0 Å². The molecular weight excluding hydrogens is 220 g/mol. The predicted octanol–water partition coefficient (Wildman–Crippen LogP) is 1.98. The molecule has 0 fully saturated rings. The summed E-state index contributed by atoms with van der Waals surface area (Å²) in [5, 5.41) is 9.37. The molecule has 0 radical (unpaired) electrons. The van der Waals surface area contributed by atoms with E-state index < -0.39 is 5.97 Å². The van der Waals surface area contributed by atoms with Crippen molar-refractivity contribution >= 4 is 17.6 Å². The van der Waals surface area contributed by atoms with Crippen LogP contribution in [0.15, 0.2) is 6.07 Å². The van der Waals surface area contributed by atoms with Crippen molar-refractivity contribution in [1.82, 2.24) is 0 Å². The molecule has 80 valence electrons. The number of ether oxygens (including phenoxy) is 2. The van der Waals surface area contributed by atoms with Crippen LogP contribution in [0.4, 0.5) is 0 Å². The van der Waals surface area contributed by atoms with Gasteiger partial charge in [0.2, 0.25) is 0 Å². The molecule has 1 aliphatic rings. The van der Waals surface area contributed by atoms with E-state index in [-0.39, 0.29) is 11.3 Å². The van der Waals surface area contributed by atoms with Crippen LogP contribution in [0.1, 0.15) is 15.9 Å². The molecule has 1 aromatic carbocycles. The van der Waals surface area contributed by atoms with Gasteiger partial charge >= 0.3 is 5.97 Å². The Morgan fingerprint density at radius 1 is 1.67 bits per heavy atom. The van der Waals surface area contributed by atoms with Gasteiger partial charge in [0.25, 0.3) is 0 Å². The second-order valence-electron chi connectivity index (χ2n) is 3.16. The van der Waals surface area contributed by atoms with E-state index in [0.717, 1.165) is 5.56 Å². The number of methoxy groups -OCH3 is 1. The highest BCUT2D eigenvalue weighted by Crippen LogP contribution is 2.41. The van der Waals surface area contributed by atoms with Gasteiger partial charge in [0, 0.05) is 12.0 Å². The fraction of sp³-hybridized carbons (Fsp3) is 0.300. The third-order valence-electron chi connectivity index (χ3n) is 2.30. The molecule has 15 heavy (non-hydrogen) atoms. The Bertz CT molecular complexity index is 424. The highest BCUT2D eigenvalue weighted by atomic mass is 35.5. The molecule has 0 saturated carbocycles. The standard InChI is InChI=1S/C10H9ClO4/c1-14-9-6(11)4-5-2-3-15-8(5)7(9)10(12)13/h4H,2-3H2,1H3,(H,12,13). The molecule has 0 spiro atoms. The maximum Gasteiger partial charge on any atom is 0.343 e. The number of carbonyl (C=O) groups is 1. The first-order chi connectivity index (χ1) is 7.15. The van der Waals surface area contributed by atoms with Crippen LogP contribution >= 0.6 is 11.6 Å². The van der Waals surface area contributed by atoms with Crippen molar-refractivity contribution < 1.29 is 19.4 Å². The number of fused-ring (bicyclic) bond motifs is 1. The Morgan fingerprint density at radius 3 is 3.00 bits per heavy atom. The minimum atomic E-state index is -1.09. The smallest absolute Gasteiger partial charge is 0.343 e. The zero-order valence-electron chi connectivity index (χ0n) is 8.04. The van der Waals surface area contributed by atoms with Crippen LogP contribution in [0.3, 0.4) is 0 Å². The zero-order chi connectivity index (χ0) is 11.0. The minimum absolute atomic E-state index is 0.0116. The van der Waals surface area contributed by atoms with E-state index in [1.54, 1.807) is 6.07 Å². The molecule has 0 bridgehead atoms. The summed E-state index contributed by atoms with van der Waals surface area (Å²) in [7, 11) is 1.38. The van der Waals surface area contributed by atoms with Crippen LogP contribution in [0, 0.1) is 0 Å². The van der Waals surface area contributed by atoms with Gasteiger partial charge in [0.1, 0.15) is 11.3 Å². The highest BCUT2D eigenvalue weighted by Gasteiger charge is 2.27. The lowest BCUT2D eigenvalue weighted by Gasteiger charge is -2.11. The summed E-state index contributed by atoms with van der Waals surface area (Å²) in [6, 6.07) is 1.69. The maximum absolute atomic E-state index is 11.1. The van der Waals surface area contributed by atoms with Gasteiger partial charge in [-0.1, -0.05) is 11.6 Å². The number of aromatic carboxylic acids is 1. The highest BCUT2D eigenvalue weighted by molar-refractivity contribution is 6.33. The Kier molecular flexibility index (Phi) is 2.44. The maximum atomic E-state index is 11.1. The largest absolute Gasteiger partial charge is 0.494 e. The summed E-state index contributed by atoms with van der Waals surface area (Å²) >= 11 is 5.91. The Hall–Kier alpha value is -1.42. The summed E-state index contributed by atoms with van der Waals surface area (Å²) in [5.74, 6) is -0.555. The molecule has 1 aliphatic heterocycles. The van der Waals surface area contributed by atoms with Gasteiger partial charge in [-0.3, -0.25) is 0 Å². The van der Waals surface area contributed by atoms with Crippen molar-refractivity contribution in [2.45, 2.75) is 6.42 Å². The van der Waals surface area contributed by atoms with Gasteiger partial charge in [-0.15, -0.1) is 0 Å². The summed E-state index contributed by atoms with van der Waals surface area (Å²) in [6.07, 6.45) is 0.680. The number of hydrogen-bond donors (Lipinski definition) is 1. The van der Waals surface area contributed by atoms with Crippen molar-refractivity contribution in [2.75, 3.05) is 13.7 Å². The molecule has 0 atom stereocenters. The van der Waals surface area contributed by atoms with Gasteiger partial charge in [0.05, 0.1) is 18.7 Å². The van der Waals surface area contributed by atoms with Crippen LogP contribution in [0.5, 0.6) is 11.5 Å². The molecule has 2 rings (SSSR count). The fourth-order valence-electron chi connectivity index (χ4n) is 1.67. The lowest BCUT2D eigenvalue weighted by Crippen LogP contribution is -2.04. The number of halogens is 1. The van der Waals surface area contributed by atoms with Crippen molar-refractivity contribution in [1.29, 1.82) is 0 Å². The predicted molar refractivity (Wildman–Crippen MR) is 54.2 cm³/mol. The number of benzene rings is 1. The fourth-order valence-corrected chi connectivity index (χ4v) is 1.98. The van der Waals surface area contributed by atoms with Crippen LogP contribution in [-0.4, -0.2) is 24.8 Å². The zero-order valence-corrected chi connectivity index (χ0v) is 8.80. The monoisotopic (exact) mass is 228 g/mol. The normalized spacial score (nSPS) is 13.2. The number of carboxylic acid groups (broad SMARTS) is 1. The lowest BCUT2D eigenvalue weighted by molar-refractivity contribution is 0.0689. The van der Waals surface area contributed by atoms with E-state index in [1.165, 1.54) is 7.11 Å². The molecule has 0 unspecified atom stereocenters. The number of carboxylic acids is 1. The Labute approximate surface area is 91.4 Å². The second kappa shape index (κ2) is 3.62. The average molecular weight is 229 g/mol. The van der Waals surface area contributed by atoms with Crippen molar-refractivity contribution in [3.8, 4) is 11.5 Å². The first-order valence-electron chi connectivity index (χ1n) is 4.40. The Morgan fingerprint density at radius 2 is 2.40 bits per heavy atom. The molecule has 0 aromatic heterocycles. The molecule has 0 saturated heterocycles. The van der Waals surface area contributed by atoms with Crippen molar-refractivity contribution in [3.05, 3.63) is 22.2 Å². The van der Waals surface area contributed by atoms with Gasteiger partial charge in [-0.2, -0.15) is 0 Å². The average Bonchev–Trinajstić information content (AvgIpc) is 2.62. The third kappa shape index (κ3) is 1.51. The molecule has 4 nitrogen and oxygen atoms in total. The van der Waals surface area contributed by atoms with E-state index >= 15 is 0 Å².